The number of Topliss-reactive ketones (excluding diaryl/α,β-unsaturated/α-hetero) is 4. The molecule has 3 saturated carbocycles. The number of likely N-dealkylation sites (N-methyl/N-ethyl adjacent to an activating group) is 1. The highest BCUT2D eigenvalue weighted by Gasteiger charge is 2.80. The van der Waals surface area contributed by atoms with Gasteiger partial charge in [0.05, 0.1) is 170 Å². The molecule has 30 nitrogen and oxygen atoms in total. The molecule has 1 aromatic rings. The number of carbonyl (C=O) groups is 9. The van der Waals surface area contributed by atoms with E-state index in [2.05, 4.69) is 64.6 Å². The topological polar surface area (TPSA) is 363 Å². The molecule has 1 aromatic heterocycles. The molecule has 4 fully saturated rings. The van der Waals surface area contributed by atoms with E-state index in [-0.39, 0.29) is 120 Å². The third-order valence-electron chi connectivity index (χ3n) is 24.7. The average molecular weight is 1710 g/mol. The fourth-order valence-electron chi connectivity index (χ4n) is 18.0. The Kier molecular flexibility index (Phi) is 42.0. The van der Waals surface area contributed by atoms with Gasteiger partial charge in [-0.15, -0.1) is 11.0 Å². The standard InChI is InChI=1S/C89H140F2N8O22/c1-10-22-81-120-78-57-69-70-56-72(90)71-55-65(100)29-32-86(71,5)88(70,91)76(104)58-87(69,6)89(78,121-81)77(105)59-94-84(108)63(4)53-74(103)82(62(2)3)95-85(109)64(54-66(101)30-38-111-42-46-115-50-49-114-45-41-110-37-21-24-67(102)60-118-68-25-15-12-11-13-16-26-68)23-19-20-33-92-80(107)61-119-75-28-18-14-17-27-73-83(75)96-97-98(73)35-40-113-44-48-117-52-51-116-47-43-112-39-31-79(106)93-34-36-99(7,8)9/h29,32,55,62-64,68-70,72,75-76,78,81-82,104H,10-15,17-25,27-28,30-31,33-54,56-61H2,1-9H3,(H3-,92,93,94,95,106,107,108,109)/p+1/t63-,64+,68?,69+,70+,72+,75?,76+,78-,81?,82+,86+,87+,88+,89-/m1/s1. The quantitative estimate of drug-likeness (QED) is 0.0241. The molecule has 32 heteroatoms. The van der Waals surface area contributed by atoms with Crippen molar-refractivity contribution in [2.24, 2.45) is 40.4 Å². The number of hydrogen-bond acceptors (Lipinski definition) is 24. The summed E-state index contributed by atoms with van der Waals surface area (Å²) in [6.07, 6.45) is 9.44. The minimum Gasteiger partial charge on any atom is -0.390 e. The molecule has 0 aromatic carbocycles. The van der Waals surface area contributed by atoms with Gasteiger partial charge in [0.15, 0.2) is 40.7 Å². The van der Waals surface area contributed by atoms with Gasteiger partial charge in [-0.25, -0.2) is 13.5 Å². The number of nitrogens with one attached hydrogen (secondary N) is 4. The van der Waals surface area contributed by atoms with Crippen LogP contribution in [0.15, 0.2) is 23.8 Å². The number of aromatic nitrogens is 3. The molecule has 2 heterocycles. The Labute approximate surface area is 714 Å². The lowest BCUT2D eigenvalue weighted by Crippen LogP contribution is -2.71. The van der Waals surface area contributed by atoms with Crippen LogP contribution in [0.5, 0.6) is 0 Å². The van der Waals surface area contributed by atoms with Crippen molar-refractivity contribution in [1.82, 2.24) is 36.3 Å². The predicted octanol–water partition coefficient (Wildman–Crippen LogP) is 7.38. The molecule has 3 unspecified atom stereocenters. The summed E-state index contributed by atoms with van der Waals surface area (Å²) in [5, 5.41) is 32.6. The van der Waals surface area contributed by atoms with E-state index in [4.69, 9.17) is 56.8 Å². The molecule has 4 amide bonds. The number of unbranched alkanes of at least 4 members (excludes halogenated alkanes) is 1. The molecule has 5 N–H and O–H groups in total. The Balaban J connectivity index is 0.773. The number of nitrogens with zero attached hydrogens (tertiary/aromatic N) is 4. The highest BCUT2D eigenvalue weighted by molar-refractivity contribution is 6.01. The normalized spacial score (nSPS) is 26.4. The van der Waals surface area contributed by atoms with Gasteiger partial charge in [-0.1, -0.05) is 83.9 Å². The molecule has 1 aliphatic heterocycles. The zero-order chi connectivity index (χ0) is 87.4. The fourth-order valence-corrected chi connectivity index (χ4v) is 18.0. The van der Waals surface area contributed by atoms with Crippen LogP contribution < -0.4 is 21.3 Å². The SMILES string of the molecule is CCCC1O[C@@H]2C[C@H]3[C@@H]4C[C@H](F)C5=CC(=O)C=C[C@]5(C)[C@@]4(F)[C@@H](O)C[C@]3(C)[C@]2(C(=O)CNC(=O)[C@H](C)CC(=O)[C@@H](NC(=O)[C@@H](CCCCNC(=O)COC2CCCCCc3c2nnn3CCOCCOCCOCCOCCC(=O)NCC[N+](C)(C)C)CC(=O)CCOCCOCCOCCOCCCC(=O)COC2C#CCCCCC2)C(C)C)O1. The van der Waals surface area contributed by atoms with E-state index in [1.807, 2.05) is 11.6 Å². The van der Waals surface area contributed by atoms with Crippen molar-refractivity contribution in [3.8, 4) is 11.8 Å². The molecule has 0 spiro atoms. The number of rotatable bonds is 59. The number of allylic oxidation sites excluding steroid dienone is 4. The van der Waals surface area contributed by atoms with E-state index in [9.17, 15) is 43.5 Å². The van der Waals surface area contributed by atoms with Crippen LogP contribution in [0.4, 0.5) is 8.78 Å². The number of carbonyl (C=O) groups excluding carboxylic acids is 9. The van der Waals surface area contributed by atoms with Gasteiger partial charge in [0.25, 0.3) is 0 Å². The maximum absolute atomic E-state index is 18.2. The smallest absolute Gasteiger partial charge is 0.246 e. The fraction of sp³-hybridized carbons (Fsp3) is 0.809. The summed E-state index contributed by atoms with van der Waals surface area (Å²) in [5.74, 6) is -1.24. The summed E-state index contributed by atoms with van der Waals surface area (Å²) in [7, 11) is 6.22. The van der Waals surface area contributed by atoms with Crippen LogP contribution in [0.2, 0.25) is 0 Å². The molecule has 1 saturated heterocycles. The first-order valence-corrected chi connectivity index (χ1v) is 44.6. The van der Waals surface area contributed by atoms with Crippen LogP contribution in [-0.4, -0.2) is 291 Å². The van der Waals surface area contributed by atoms with E-state index in [0.29, 0.717) is 156 Å². The van der Waals surface area contributed by atoms with Crippen LogP contribution in [0, 0.1) is 52.3 Å². The average Bonchev–Trinajstić information content (AvgIpc) is 1.53. The van der Waals surface area contributed by atoms with Crippen LogP contribution >= 0.6 is 0 Å². The molecule has 7 aliphatic rings. The lowest BCUT2D eigenvalue weighted by molar-refractivity contribution is -0.869. The highest BCUT2D eigenvalue weighted by Crippen LogP contribution is 2.72. The van der Waals surface area contributed by atoms with Crippen molar-refractivity contribution in [1.29, 1.82) is 0 Å². The second kappa shape index (κ2) is 50.8. The third kappa shape index (κ3) is 29.7. The summed E-state index contributed by atoms with van der Waals surface area (Å²) in [6, 6.07) is -1.09. The maximum atomic E-state index is 18.2. The number of alkyl halides is 2. The Morgan fingerprint density at radius 1 is 0.702 bits per heavy atom. The minimum atomic E-state index is -2.41. The Hall–Kier alpha value is -6.29. The molecule has 0 radical (unpaired) electrons. The molecule has 682 valence electrons. The van der Waals surface area contributed by atoms with Gasteiger partial charge in [-0.3, -0.25) is 43.2 Å². The highest BCUT2D eigenvalue weighted by atomic mass is 19.1. The summed E-state index contributed by atoms with van der Waals surface area (Å²) in [6.45, 7) is 16.9. The number of aliphatic hydroxyl groups is 1. The van der Waals surface area contributed by atoms with Crippen molar-refractivity contribution in [3.05, 3.63) is 35.2 Å². The van der Waals surface area contributed by atoms with Crippen LogP contribution in [0.25, 0.3) is 0 Å². The molecule has 6 aliphatic carbocycles. The number of halogens is 2. The van der Waals surface area contributed by atoms with Gasteiger partial charge in [-0.05, 0) is 120 Å². The van der Waals surface area contributed by atoms with Gasteiger partial charge in [0.1, 0.15) is 43.1 Å². The summed E-state index contributed by atoms with van der Waals surface area (Å²) >= 11 is 0. The number of fused-ring (bicyclic) bond motifs is 8. The summed E-state index contributed by atoms with van der Waals surface area (Å²) in [5.41, 5.74) is -5.53. The zero-order valence-corrected chi connectivity index (χ0v) is 73.5. The number of quaternary nitrogens is 1. The minimum absolute atomic E-state index is 0.00785. The second-order valence-electron chi connectivity index (χ2n) is 35.2. The van der Waals surface area contributed by atoms with Gasteiger partial charge in [-0.2, -0.15) is 0 Å². The zero-order valence-electron chi connectivity index (χ0n) is 73.5. The molecule has 0 bridgehead atoms. The van der Waals surface area contributed by atoms with Crippen LogP contribution in [0.3, 0.4) is 0 Å². The first-order valence-electron chi connectivity index (χ1n) is 44.6. The summed E-state index contributed by atoms with van der Waals surface area (Å²) in [4.78, 5) is 122. The van der Waals surface area contributed by atoms with Crippen molar-refractivity contribution in [3.63, 3.8) is 0 Å². The largest absolute Gasteiger partial charge is 0.390 e. The number of aliphatic hydroxyl groups excluding tert-OH is 1. The van der Waals surface area contributed by atoms with Gasteiger partial charge in [0.2, 0.25) is 23.6 Å². The first kappa shape index (κ1) is 100. The van der Waals surface area contributed by atoms with Crippen molar-refractivity contribution in [2.75, 3.05) is 166 Å². The lowest BCUT2D eigenvalue weighted by atomic mass is 9.44. The monoisotopic (exact) mass is 1710 g/mol. The van der Waals surface area contributed by atoms with Crippen molar-refractivity contribution >= 4 is 52.5 Å². The second-order valence-corrected chi connectivity index (χ2v) is 35.2. The Morgan fingerprint density at radius 3 is 2.02 bits per heavy atom. The van der Waals surface area contributed by atoms with Gasteiger partial charge >= 0.3 is 0 Å². The van der Waals surface area contributed by atoms with Crippen LogP contribution in [-0.2, 0) is 113 Å². The number of amides is 4. The number of ether oxygens (including phenoxy) is 12. The molecular formula is C89H141F2N8O22+. The Bertz CT molecular complexity index is 3600. The molecule has 15 atom stereocenters. The van der Waals surface area contributed by atoms with E-state index in [0.717, 1.165) is 80.6 Å². The predicted molar refractivity (Wildman–Crippen MR) is 442 cm³/mol. The third-order valence-corrected chi connectivity index (χ3v) is 24.7. The molecular weight excluding hydrogens is 1570 g/mol. The van der Waals surface area contributed by atoms with E-state index in [1.165, 1.54) is 26.0 Å². The van der Waals surface area contributed by atoms with Crippen molar-refractivity contribution < 1.29 is 118 Å². The molecule has 121 heavy (non-hydrogen) atoms. The van der Waals surface area contributed by atoms with Gasteiger partial charge in [0, 0.05) is 80.3 Å². The molecule has 8 rings (SSSR count). The van der Waals surface area contributed by atoms with Crippen LogP contribution in [0.1, 0.15) is 207 Å². The summed E-state index contributed by atoms with van der Waals surface area (Å²) < 4.78 is 108. The van der Waals surface area contributed by atoms with E-state index >= 15 is 13.6 Å². The number of ketones is 5. The lowest BCUT2D eigenvalue weighted by Gasteiger charge is -2.63. The van der Waals surface area contributed by atoms with Gasteiger partial charge < -0.3 is 87.7 Å². The first-order chi connectivity index (χ1) is 58.0. The van der Waals surface area contributed by atoms with E-state index < -0.39 is 124 Å². The Morgan fingerprint density at radius 2 is 1.35 bits per heavy atom. The van der Waals surface area contributed by atoms with E-state index in [1.54, 1.807) is 20.8 Å². The number of hydrogen-bond donors (Lipinski definition) is 5. The van der Waals surface area contributed by atoms with Crippen molar-refractivity contribution in [2.45, 2.75) is 256 Å². The maximum Gasteiger partial charge on any atom is 0.246 e.